The third-order valence-corrected chi connectivity index (χ3v) is 2.96. The number of ether oxygens (including phenoxy) is 4. The van der Waals surface area contributed by atoms with Crippen LogP contribution in [0, 0.1) is 0 Å². The van der Waals surface area contributed by atoms with Crippen LogP contribution in [0.15, 0.2) is 12.1 Å². The van der Waals surface area contributed by atoms with Crippen LogP contribution < -0.4 is 24.7 Å². The Morgan fingerprint density at radius 1 is 1.00 bits per heavy atom. The van der Waals surface area contributed by atoms with Gasteiger partial charge in [-0.2, -0.15) is 0 Å². The van der Waals surface area contributed by atoms with Crippen molar-refractivity contribution in [1.82, 2.24) is 0 Å². The fourth-order valence-corrected chi connectivity index (χ4v) is 1.90. The zero-order valence-electron chi connectivity index (χ0n) is 12.8. The monoisotopic (exact) mass is 283 g/mol. The van der Waals surface area contributed by atoms with Gasteiger partial charge in [0.2, 0.25) is 5.75 Å². The topological polar surface area (TPSA) is 62.9 Å². The van der Waals surface area contributed by atoms with Gasteiger partial charge in [-0.05, 0) is 26.2 Å². The van der Waals surface area contributed by atoms with Crippen LogP contribution in [0.3, 0.4) is 0 Å². The molecule has 1 aromatic carbocycles. The zero-order chi connectivity index (χ0) is 15.0. The number of benzene rings is 1. The molecule has 0 aromatic heterocycles. The summed E-state index contributed by atoms with van der Waals surface area (Å²) in [6, 6.07) is 3.84. The van der Waals surface area contributed by atoms with Crippen molar-refractivity contribution in [2.75, 3.05) is 27.9 Å². The van der Waals surface area contributed by atoms with Gasteiger partial charge in [-0.25, -0.2) is 0 Å². The van der Waals surface area contributed by atoms with Crippen LogP contribution in [0.1, 0.15) is 26.2 Å². The van der Waals surface area contributed by atoms with Crippen molar-refractivity contribution in [2.45, 2.75) is 32.2 Å². The van der Waals surface area contributed by atoms with E-state index in [1.807, 2.05) is 6.92 Å². The standard InChI is InChI=1S/C15H25NO4/c1-11(16)7-5-6-8-20-12-9-13(17-2)15(19-4)14(10-12)18-3/h9-11H,5-8,16H2,1-4H3. The fourth-order valence-electron chi connectivity index (χ4n) is 1.90. The molecular formula is C15H25NO4. The lowest BCUT2D eigenvalue weighted by atomic mass is 10.1. The van der Waals surface area contributed by atoms with Crippen molar-refractivity contribution in [2.24, 2.45) is 5.73 Å². The second kappa shape index (κ2) is 8.53. The normalized spacial score (nSPS) is 11.8. The number of hydrogen-bond donors (Lipinski definition) is 1. The first-order valence-electron chi connectivity index (χ1n) is 6.80. The van der Waals surface area contributed by atoms with Gasteiger partial charge in [-0.3, -0.25) is 0 Å². The fraction of sp³-hybridized carbons (Fsp3) is 0.600. The third-order valence-electron chi connectivity index (χ3n) is 2.96. The molecule has 0 aliphatic heterocycles. The molecule has 1 rings (SSSR count). The molecule has 0 heterocycles. The molecule has 0 amide bonds. The van der Waals surface area contributed by atoms with Crippen LogP contribution >= 0.6 is 0 Å². The number of unbranched alkanes of at least 4 members (excludes halogenated alkanes) is 1. The van der Waals surface area contributed by atoms with Gasteiger partial charge in [0.05, 0.1) is 27.9 Å². The predicted molar refractivity (Wildman–Crippen MR) is 79.1 cm³/mol. The molecular weight excluding hydrogens is 258 g/mol. The second-order valence-corrected chi connectivity index (χ2v) is 4.68. The van der Waals surface area contributed by atoms with Crippen LogP contribution in [0.2, 0.25) is 0 Å². The minimum Gasteiger partial charge on any atom is -0.493 e. The quantitative estimate of drug-likeness (QED) is 0.706. The Bertz CT molecular complexity index is 382. The van der Waals surface area contributed by atoms with E-state index in [2.05, 4.69) is 0 Å². The van der Waals surface area contributed by atoms with Crippen LogP contribution in [-0.2, 0) is 0 Å². The Hall–Kier alpha value is -1.62. The number of hydrogen-bond acceptors (Lipinski definition) is 5. The van der Waals surface area contributed by atoms with Gasteiger partial charge in [0.25, 0.3) is 0 Å². The SMILES string of the molecule is COc1cc(OCCCCC(C)N)cc(OC)c1OC. The van der Waals surface area contributed by atoms with Gasteiger partial charge in [-0.1, -0.05) is 0 Å². The summed E-state index contributed by atoms with van der Waals surface area (Å²) in [6.07, 6.45) is 3.04. The van der Waals surface area contributed by atoms with E-state index in [4.69, 9.17) is 24.7 Å². The van der Waals surface area contributed by atoms with E-state index in [1.54, 1.807) is 33.5 Å². The molecule has 2 N–H and O–H groups in total. The molecule has 0 radical (unpaired) electrons. The summed E-state index contributed by atoms with van der Waals surface area (Å²) in [4.78, 5) is 0. The van der Waals surface area contributed by atoms with Crippen molar-refractivity contribution in [3.05, 3.63) is 12.1 Å². The highest BCUT2D eigenvalue weighted by atomic mass is 16.5. The Morgan fingerprint density at radius 2 is 1.60 bits per heavy atom. The van der Waals surface area contributed by atoms with Gasteiger partial charge in [0, 0.05) is 18.2 Å². The van der Waals surface area contributed by atoms with Crippen molar-refractivity contribution < 1.29 is 18.9 Å². The lowest BCUT2D eigenvalue weighted by Crippen LogP contribution is -2.14. The average Bonchev–Trinajstić information content (AvgIpc) is 2.45. The molecule has 0 saturated heterocycles. The maximum atomic E-state index is 5.72. The Labute approximate surface area is 121 Å². The molecule has 1 atom stereocenters. The average molecular weight is 283 g/mol. The summed E-state index contributed by atoms with van der Waals surface area (Å²) in [5.74, 6) is 2.47. The summed E-state index contributed by atoms with van der Waals surface area (Å²) in [5.41, 5.74) is 5.71. The lowest BCUT2D eigenvalue weighted by Gasteiger charge is -2.14. The van der Waals surface area contributed by atoms with Gasteiger partial charge < -0.3 is 24.7 Å². The maximum absolute atomic E-state index is 5.72. The smallest absolute Gasteiger partial charge is 0.203 e. The summed E-state index contributed by atoms with van der Waals surface area (Å²) < 4.78 is 21.5. The van der Waals surface area contributed by atoms with Gasteiger partial charge >= 0.3 is 0 Å². The summed E-state index contributed by atoms with van der Waals surface area (Å²) >= 11 is 0. The molecule has 5 nitrogen and oxygen atoms in total. The maximum Gasteiger partial charge on any atom is 0.203 e. The van der Waals surface area contributed by atoms with E-state index >= 15 is 0 Å². The minimum atomic E-state index is 0.246. The molecule has 1 unspecified atom stereocenters. The number of methoxy groups -OCH3 is 3. The molecule has 114 valence electrons. The van der Waals surface area contributed by atoms with Crippen molar-refractivity contribution >= 4 is 0 Å². The molecule has 5 heteroatoms. The first-order chi connectivity index (χ1) is 9.62. The zero-order valence-corrected chi connectivity index (χ0v) is 12.8. The Kier molecular flexibility index (Phi) is 7.01. The van der Waals surface area contributed by atoms with E-state index in [1.165, 1.54) is 0 Å². The molecule has 0 spiro atoms. The minimum absolute atomic E-state index is 0.246. The molecule has 0 fully saturated rings. The number of rotatable bonds is 9. The first-order valence-corrected chi connectivity index (χ1v) is 6.80. The second-order valence-electron chi connectivity index (χ2n) is 4.68. The van der Waals surface area contributed by atoms with E-state index in [-0.39, 0.29) is 6.04 Å². The van der Waals surface area contributed by atoms with Crippen LogP contribution in [0.25, 0.3) is 0 Å². The van der Waals surface area contributed by atoms with Crippen LogP contribution in [0.5, 0.6) is 23.0 Å². The molecule has 0 saturated carbocycles. The summed E-state index contributed by atoms with van der Waals surface area (Å²) in [6.45, 7) is 2.66. The summed E-state index contributed by atoms with van der Waals surface area (Å²) in [5, 5.41) is 0. The lowest BCUT2D eigenvalue weighted by molar-refractivity contribution is 0.290. The Balaban J connectivity index is 2.62. The van der Waals surface area contributed by atoms with Crippen LogP contribution in [0.4, 0.5) is 0 Å². The van der Waals surface area contributed by atoms with Gasteiger partial charge in [-0.15, -0.1) is 0 Å². The highest BCUT2D eigenvalue weighted by Gasteiger charge is 2.13. The first kappa shape index (κ1) is 16.4. The van der Waals surface area contributed by atoms with E-state index in [0.717, 1.165) is 19.3 Å². The Morgan fingerprint density at radius 3 is 2.05 bits per heavy atom. The largest absolute Gasteiger partial charge is 0.493 e. The molecule has 0 aliphatic carbocycles. The van der Waals surface area contributed by atoms with Crippen molar-refractivity contribution in [3.8, 4) is 23.0 Å². The summed E-state index contributed by atoms with van der Waals surface area (Å²) in [7, 11) is 4.75. The highest BCUT2D eigenvalue weighted by molar-refractivity contribution is 5.55. The third kappa shape index (κ3) is 4.81. The predicted octanol–water partition coefficient (Wildman–Crippen LogP) is 2.61. The molecule has 0 bridgehead atoms. The molecule has 0 aliphatic rings. The van der Waals surface area contributed by atoms with E-state index in [9.17, 15) is 0 Å². The highest BCUT2D eigenvalue weighted by Crippen LogP contribution is 2.40. The van der Waals surface area contributed by atoms with Crippen molar-refractivity contribution in [3.63, 3.8) is 0 Å². The van der Waals surface area contributed by atoms with E-state index < -0.39 is 0 Å². The van der Waals surface area contributed by atoms with E-state index in [0.29, 0.717) is 29.6 Å². The number of nitrogens with two attached hydrogens (primary N) is 1. The molecule has 20 heavy (non-hydrogen) atoms. The van der Waals surface area contributed by atoms with Crippen molar-refractivity contribution in [1.29, 1.82) is 0 Å². The molecule has 1 aromatic rings. The van der Waals surface area contributed by atoms with Gasteiger partial charge in [0.1, 0.15) is 5.75 Å². The van der Waals surface area contributed by atoms with Crippen LogP contribution in [-0.4, -0.2) is 34.0 Å². The van der Waals surface area contributed by atoms with Gasteiger partial charge in [0.15, 0.2) is 11.5 Å².